The third-order valence-corrected chi connectivity index (χ3v) is 3.72. The number of rotatable bonds is 4. The maximum atomic E-state index is 5.74. The Morgan fingerprint density at radius 1 is 1.44 bits per heavy atom. The minimum atomic E-state index is 0.742. The van der Waals surface area contributed by atoms with Crippen molar-refractivity contribution in [1.82, 2.24) is 4.98 Å². The molecule has 0 spiro atoms. The molecule has 2 rings (SSSR count). The van der Waals surface area contributed by atoms with E-state index in [-0.39, 0.29) is 0 Å². The predicted molar refractivity (Wildman–Crippen MR) is 74.8 cm³/mol. The van der Waals surface area contributed by atoms with Crippen LogP contribution < -0.4 is 10.6 Å². The third-order valence-electron chi connectivity index (χ3n) is 3.72. The molecule has 1 aliphatic heterocycles. The van der Waals surface area contributed by atoms with Crippen LogP contribution in [-0.2, 0) is 4.74 Å². The number of nitrogens with zero attached hydrogens (tertiary/aromatic N) is 2. The van der Waals surface area contributed by atoms with Gasteiger partial charge in [0.2, 0.25) is 0 Å². The number of piperidine rings is 1. The highest BCUT2D eigenvalue weighted by Crippen LogP contribution is 2.26. The standard InChI is InChI=1S/C14H23N3O/c1-11-9-13(15)10-16-14(11)17-6-3-12(4-7-17)5-8-18-2/h9-10,12H,3-8,15H2,1-2H3. The van der Waals surface area contributed by atoms with E-state index < -0.39 is 0 Å². The zero-order valence-electron chi connectivity index (χ0n) is 11.4. The first-order chi connectivity index (χ1) is 8.70. The van der Waals surface area contributed by atoms with Gasteiger partial charge in [-0.25, -0.2) is 4.98 Å². The molecule has 1 aliphatic rings. The topological polar surface area (TPSA) is 51.4 Å². The second-order valence-corrected chi connectivity index (χ2v) is 5.12. The molecule has 1 saturated heterocycles. The Morgan fingerprint density at radius 2 is 2.17 bits per heavy atom. The van der Waals surface area contributed by atoms with Gasteiger partial charge in [0, 0.05) is 26.8 Å². The molecule has 0 radical (unpaired) electrons. The van der Waals surface area contributed by atoms with Crippen molar-refractivity contribution in [2.45, 2.75) is 26.2 Å². The number of anilines is 2. The maximum absolute atomic E-state index is 5.74. The van der Waals surface area contributed by atoms with Crippen molar-refractivity contribution in [3.05, 3.63) is 17.8 Å². The SMILES string of the molecule is COCCC1CCN(c2ncc(N)cc2C)CC1. The Balaban J connectivity index is 1.93. The zero-order chi connectivity index (χ0) is 13.0. The average molecular weight is 249 g/mol. The summed E-state index contributed by atoms with van der Waals surface area (Å²) in [7, 11) is 1.77. The van der Waals surface area contributed by atoms with Crippen LogP contribution in [0.3, 0.4) is 0 Å². The van der Waals surface area contributed by atoms with Gasteiger partial charge in [0.1, 0.15) is 5.82 Å². The van der Waals surface area contributed by atoms with Gasteiger partial charge in [0.25, 0.3) is 0 Å². The molecule has 2 heterocycles. The summed E-state index contributed by atoms with van der Waals surface area (Å²) < 4.78 is 5.15. The summed E-state index contributed by atoms with van der Waals surface area (Å²) in [6, 6.07) is 2.00. The molecule has 0 aliphatic carbocycles. The van der Waals surface area contributed by atoms with Crippen LogP contribution in [0.1, 0.15) is 24.8 Å². The lowest BCUT2D eigenvalue weighted by Crippen LogP contribution is -2.35. The molecular weight excluding hydrogens is 226 g/mol. The first-order valence-corrected chi connectivity index (χ1v) is 6.66. The molecule has 0 amide bonds. The summed E-state index contributed by atoms with van der Waals surface area (Å²) in [5.41, 5.74) is 7.65. The van der Waals surface area contributed by atoms with Crippen molar-refractivity contribution in [2.75, 3.05) is 37.4 Å². The average Bonchev–Trinajstić information content (AvgIpc) is 2.37. The van der Waals surface area contributed by atoms with Crippen LogP contribution in [0.4, 0.5) is 11.5 Å². The largest absolute Gasteiger partial charge is 0.397 e. The molecule has 0 unspecified atom stereocenters. The van der Waals surface area contributed by atoms with Crippen molar-refractivity contribution in [3.63, 3.8) is 0 Å². The van der Waals surface area contributed by atoms with Gasteiger partial charge >= 0.3 is 0 Å². The Bertz CT molecular complexity index is 387. The van der Waals surface area contributed by atoms with Gasteiger partial charge in [-0.15, -0.1) is 0 Å². The van der Waals surface area contributed by atoms with E-state index in [1.54, 1.807) is 13.3 Å². The number of ether oxygens (including phenoxy) is 1. The smallest absolute Gasteiger partial charge is 0.131 e. The molecule has 18 heavy (non-hydrogen) atoms. The van der Waals surface area contributed by atoms with Crippen LogP contribution in [0.5, 0.6) is 0 Å². The molecular formula is C14H23N3O. The summed E-state index contributed by atoms with van der Waals surface area (Å²) in [6.07, 6.45) is 5.39. The van der Waals surface area contributed by atoms with Crippen LogP contribution in [-0.4, -0.2) is 31.8 Å². The van der Waals surface area contributed by atoms with Crippen LogP contribution in [0, 0.1) is 12.8 Å². The highest BCUT2D eigenvalue weighted by atomic mass is 16.5. The van der Waals surface area contributed by atoms with E-state index >= 15 is 0 Å². The molecule has 0 bridgehead atoms. The van der Waals surface area contributed by atoms with Crippen molar-refractivity contribution < 1.29 is 4.74 Å². The fraction of sp³-hybridized carbons (Fsp3) is 0.643. The minimum absolute atomic E-state index is 0.742. The van der Waals surface area contributed by atoms with E-state index in [9.17, 15) is 0 Å². The van der Waals surface area contributed by atoms with Crippen molar-refractivity contribution >= 4 is 11.5 Å². The number of aryl methyl sites for hydroxylation is 1. The van der Waals surface area contributed by atoms with Gasteiger partial charge in [-0.1, -0.05) is 0 Å². The molecule has 2 N–H and O–H groups in total. The van der Waals surface area contributed by atoms with Crippen molar-refractivity contribution in [3.8, 4) is 0 Å². The van der Waals surface area contributed by atoms with Crippen LogP contribution in [0.2, 0.25) is 0 Å². The molecule has 0 saturated carbocycles. The second-order valence-electron chi connectivity index (χ2n) is 5.12. The monoisotopic (exact) mass is 249 g/mol. The highest BCUT2D eigenvalue weighted by Gasteiger charge is 2.20. The number of hydrogen-bond acceptors (Lipinski definition) is 4. The first-order valence-electron chi connectivity index (χ1n) is 6.66. The maximum Gasteiger partial charge on any atom is 0.131 e. The number of hydrogen-bond donors (Lipinski definition) is 1. The number of pyridine rings is 1. The first kappa shape index (κ1) is 13.1. The molecule has 4 heteroatoms. The number of nitrogens with two attached hydrogens (primary N) is 1. The van der Waals surface area contributed by atoms with Gasteiger partial charge in [-0.2, -0.15) is 0 Å². The highest BCUT2D eigenvalue weighted by molar-refractivity contribution is 5.52. The fourth-order valence-corrected chi connectivity index (χ4v) is 2.64. The fourth-order valence-electron chi connectivity index (χ4n) is 2.64. The summed E-state index contributed by atoms with van der Waals surface area (Å²) >= 11 is 0. The van der Waals surface area contributed by atoms with E-state index in [2.05, 4.69) is 16.8 Å². The Labute approximate surface area is 109 Å². The summed E-state index contributed by atoms with van der Waals surface area (Å²) in [6.45, 7) is 5.14. The van der Waals surface area contributed by atoms with Crippen molar-refractivity contribution in [2.24, 2.45) is 5.92 Å². The number of nitrogen functional groups attached to an aromatic ring is 1. The normalized spacial score (nSPS) is 17.1. The summed E-state index contributed by atoms with van der Waals surface area (Å²) in [4.78, 5) is 6.84. The van der Waals surface area contributed by atoms with Crippen molar-refractivity contribution in [1.29, 1.82) is 0 Å². The van der Waals surface area contributed by atoms with Gasteiger partial charge in [-0.3, -0.25) is 0 Å². The van der Waals surface area contributed by atoms with E-state index in [1.807, 2.05) is 6.07 Å². The zero-order valence-corrected chi connectivity index (χ0v) is 11.4. The van der Waals surface area contributed by atoms with Crippen LogP contribution in [0.25, 0.3) is 0 Å². The van der Waals surface area contributed by atoms with Gasteiger partial charge in [0.15, 0.2) is 0 Å². The Hall–Kier alpha value is -1.29. The lowest BCUT2D eigenvalue weighted by Gasteiger charge is -2.33. The third kappa shape index (κ3) is 3.13. The van der Waals surface area contributed by atoms with Crippen LogP contribution >= 0.6 is 0 Å². The van der Waals surface area contributed by atoms with Gasteiger partial charge in [0.05, 0.1) is 11.9 Å². The number of aromatic nitrogens is 1. The number of methoxy groups -OCH3 is 1. The summed E-state index contributed by atoms with van der Waals surface area (Å²) in [5, 5.41) is 0. The Kier molecular flexibility index (Phi) is 4.42. The lowest BCUT2D eigenvalue weighted by atomic mass is 9.94. The molecule has 1 aromatic heterocycles. The van der Waals surface area contributed by atoms with Gasteiger partial charge in [-0.05, 0) is 43.7 Å². The second kappa shape index (κ2) is 6.05. The lowest BCUT2D eigenvalue weighted by molar-refractivity contribution is 0.170. The quantitative estimate of drug-likeness (QED) is 0.889. The molecule has 4 nitrogen and oxygen atoms in total. The van der Waals surface area contributed by atoms with Crippen LogP contribution in [0.15, 0.2) is 12.3 Å². The molecule has 1 fully saturated rings. The van der Waals surface area contributed by atoms with Gasteiger partial charge < -0.3 is 15.4 Å². The molecule has 100 valence electrons. The summed E-state index contributed by atoms with van der Waals surface area (Å²) in [5.74, 6) is 1.89. The Morgan fingerprint density at radius 3 is 2.78 bits per heavy atom. The predicted octanol–water partition coefficient (Wildman–Crippen LogP) is 2.23. The van der Waals surface area contributed by atoms with E-state index in [4.69, 9.17) is 10.5 Å². The van der Waals surface area contributed by atoms with E-state index in [1.165, 1.54) is 24.8 Å². The molecule has 0 aromatic carbocycles. The minimum Gasteiger partial charge on any atom is -0.397 e. The molecule has 0 atom stereocenters. The van der Waals surface area contributed by atoms with E-state index in [0.717, 1.165) is 37.1 Å². The van der Waals surface area contributed by atoms with E-state index in [0.29, 0.717) is 0 Å². The molecule has 1 aromatic rings.